The molecule has 0 atom stereocenters. The number of hydrogen-bond donors (Lipinski definition) is 1. The maximum absolute atomic E-state index is 12.4. The molecule has 0 bridgehead atoms. The van der Waals surface area contributed by atoms with Crippen molar-refractivity contribution in [2.45, 2.75) is 19.9 Å². The monoisotopic (exact) mass is 323 g/mol. The van der Waals surface area contributed by atoms with E-state index in [-0.39, 0.29) is 11.9 Å². The Morgan fingerprint density at radius 3 is 2.64 bits per heavy atom. The van der Waals surface area contributed by atoms with Crippen LogP contribution in [0.3, 0.4) is 0 Å². The van der Waals surface area contributed by atoms with Gasteiger partial charge in [-0.2, -0.15) is 5.10 Å². The number of carbonyl (C=O) groups excluding carboxylic acids is 1. The maximum atomic E-state index is 12.4. The third-order valence-corrected chi connectivity index (χ3v) is 3.38. The van der Waals surface area contributed by atoms with Crippen LogP contribution in [0.4, 0.5) is 5.82 Å². The van der Waals surface area contributed by atoms with Crippen molar-refractivity contribution in [2.75, 3.05) is 19.5 Å². The van der Waals surface area contributed by atoms with E-state index in [4.69, 9.17) is 21.1 Å². The van der Waals surface area contributed by atoms with Crippen molar-refractivity contribution < 1.29 is 14.3 Å². The van der Waals surface area contributed by atoms with E-state index in [1.165, 1.54) is 20.3 Å². The average molecular weight is 324 g/mol. The number of benzene rings is 1. The summed E-state index contributed by atoms with van der Waals surface area (Å²) in [6, 6.07) is 4.99. The summed E-state index contributed by atoms with van der Waals surface area (Å²) in [5.74, 6) is 1.11. The minimum Gasteiger partial charge on any atom is -0.493 e. The number of methoxy groups -OCH3 is 2. The van der Waals surface area contributed by atoms with Crippen LogP contribution in [0.15, 0.2) is 24.4 Å². The molecule has 22 heavy (non-hydrogen) atoms. The van der Waals surface area contributed by atoms with Gasteiger partial charge in [-0.1, -0.05) is 11.6 Å². The van der Waals surface area contributed by atoms with E-state index >= 15 is 0 Å². The predicted molar refractivity (Wildman–Crippen MR) is 85.1 cm³/mol. The molecule has 0 saturated heterocycles. The number of halogens is 1. The topological polar surface area (TPSA) is 65.4 Å². The van der Waals surface area contributed by atoms with Crippen LogP contribution >= 0.6 is 11.6 Å². The molecule has 0 aliphatic carbocycles. The molecule has 1 amide bonds. The fraction of sp³-hybridized carbons (Fsp3) is 0.333. The van der Waals surface area contributed by atoms with Crippen molar-refractivity contribution >= 4 is 23.3 Å². The third-order valence-electron chi connectivity index (χ3n) is 3.10. The minimum absolute atomic E-state index is 0.138. The fourth-order valence-corrected chi connectivity index (χ4v) is 2.35. The van der Waals surface area contributed by atoms with Gasteiger partial charge in [0.05, 0.1) is 25.4 Å². The van der Waals surface area contributed by atoms with Crippen LogP contribution in [-0.2, 0) is 0 Å². The zero-order valence-corrected chi connectivity index (χ0v) is 13.6. The lowest BCUT2D eigenvalue weighted by atomic mass is 10.2. The summed E-state index contributed by atoms with van der Waals surface area (Å²) < 4.78 is 12.1. The quantitative estimate of drug-likeness (QED) is 0.916. The molecule has 1 N–H and O–H groups in total. The molecule has 1 aromatic heterocycles. The third kappa shape index (κ3) is 3.17. The number of amides is 1. The molecule has 2 rings (SSSR count). The number of nitrogens with zero attached hydrogens (tertiary/aromatic N) is 2. The summed E-state index contributed by atoms with van der Waals surface area (Å²) in [5.41, 5.74) is 0.374. The van der Waals surface area contributed by atoms with Crippen molar-refractivity contribution in [3.05, 3.63) is 35.0 Å². The van der Waals surface area contributed by atoms with E-state index in [2.05, 4.69) is 10.4 Å². The normalized spacial score (nSPS) is 10.6. The molecule has 0 fully saturated rings. The van der Waals surface area contributed by atoms with Gasteiger partial charge in [0.15, 0.2) is 11.5 Å². The first-order chi connectivity index (χ1) is 10.5. The highest BCUT2D eigenvalue weighted by Gasteiger charge is 2.17. The van der Waals surface area contributed by atoms with Gasteiger partial charge in [0, 0.05) is 17.7 Å². The number of rotatable bonds is 5. The Kier molecular flexibility index (Phi) is 4.92. The van der Waals surface area contributed by atoms with E-state index in [0.717, 1.165) is 0 Å². The first-order valence-corrected chi connectivity index (χ1v) is 7.12. The number of anilines is 1. The van der Waals surface area contributed by atoms with Gasteiger partial charge in [0.1, 0.15) is 5.82 Å². The Hall–Kier alpha value is -2.21. The van der Waals surface area contributed by atoms with Gasteiger partial charge in [-0.15, -0.1) is 0 Å². The standard InChI is InChI=1S/C15H18ClN3O3/c1-9(2)19-13(5-6-17-19)18-15(20)10-7-11(16)14(22-4)12(8-10)21-3/h5-9H,1-4H3,(H,18,20). The molecule has 2 aromatic rings. The predicted octanol–water partition coefficient (Wildman–Crippen LogP) is 3.39. The van der Waals surface area contributed by atoms with Crippen molar-refractivity contribution in [1.82, 2.24) is 9.78 Å². The Balaban J connectivity index is 2.30. The Labute approximate surface area is 134 Å². The largest absolute Gasteiger partial charge is 0.493 e. The van der Waals surface area contributed by atoms with Gasteiger partial charge < -0.3 is 14.8 Å². The van der Waals surface area contributed by atoms with E-state index in [1.54, 1.807) is 23.0 Å². The first kappa shape index (κ1) is 16.2. The Bertz CT molecular complexity index is 683. The molecule has 0 radical (unpaired) electrons. The average Bonchev–Trinajstić information content (AvgIpc) is 2.94. The summed E-state index contributed by atoms with van der Waals surface area (Å²) in [7, 11) is 2.98. The number of ether oxygens (including phenoxy) is 2. The summed E-state index contributed by atoms with van der Waals surface area (Å²) in [4.78, 5) is 12.4. The molecule has 0 spiro atoms. The second-order valence-corrected chi connectivity index (χ2v) is 5.31. The maximum Gasteiger partial charge on any atom is 0.257 e. The smallest absolute Gasteiger partial charge is 0.257 e. The van der Waals surface area contributed by atoms with E-state index in [1.807, 2.05) is 13.8 Å². The van der Waals surface area contributed by atoms with Crippen LogP contribution < -0.4 is 14.8 Å². The summed E-state index contributed by atoms with van der Waals surface area (Å²) >= 11 is 6.12. The second kappa shape index (κ2) is 6.70. The zero-order chi connectivity index (χ0) is 16.3. The zero-order valence-electron chi connectivity index (χ0n) is 12.9. The van der Waals surface area contributed by atoms with E-state index < -0.39 is 0 Å². The van der Waals surface area contributed by atoms with Gasteiger partial charge in [-0.05, 0) is 26.0 Å². The van der Waals surface area contributed by atoms with Crippen molar-refractivity contribution in [1.29, 1.82) is 0 Å². The minimum atomic E-state index is -0.301. The molecule has 7 heteroatoms. The van der Waals surface area contributed by atoms with Gasteiger partial charge in [-0.25, -0.2) is 4.68 Å². The number of carbonyl (C=O) groups is 1. The highest BCUT2D eigenvalue weighted by molar-refractivity contribution is 6.32. The lowest BCUT2D eigenvalue weighted by molar-refractivity contribution is 0.102. The molecule has 0 unspecified atom stereocenters. The van der Waals surface area contributed by atoms with E-state index in [9.17, 15) is 4.79 Å². The van der Waals surface area contributed by atoms with Crippen LogP contribution in [0.25, 0.3) is 0 Å². The lowest BCUT2D eigenvalue weighted by Crippen LogP contribution is -2.17. The molecule has 1 aromatic carbocycles. The number of aromatic nitrogens is 2. The molecule has 118 valence electrons. The van der Waals surface area contributed by atoms with Crippen LogP contribution in [0.2, 0.25) is 5.02 Å². The Morgan fingerprint density at radius 2 is 2.05 bits per heavy atom. The van der Waals surface area contributed by atoms with E-state index in [0.29, 0.717) is 27.9 Å². The molecule has 6 nitrogen and oxygen atoms in total. The molecule has 1 heterocycles. The number of hydrogen-bond acceptors (Lipinski definition) is 4. The van der Waals surface area contributed by atoms with Crippen molar-refractivity contribution in [3.8, 4) is 11.5 Å². The fourth-order valence-electron chi connectivity index (χ4n) is 2.06. The molecule has 0 aliphatic rings. The summed E-state index contributed by atoms with van der Waals surface area (Å²) in [6.45, 7) is 3.96. The SMILES string of the molecule is COc1cc(C(=O)Nc2ccnn2C(C)C)cc(Cl)c1OC. The lowest BCUT2D eigenvalue weighted by Gasteiger charge is -2.14. The molecular weight excluding hydrogens is 306 g/mol. The van der Waals surface area contributed by atoms with Crippen LogP contribution in [0.1, 0.15) is 30.2 Å². The van der Waals surface area contributed by atoms with Crippen molar-refractivity contribution in [2.24, 2.45) is 0 Å². The second-order valence-electron chi connectivity index (χ2n) is 4.90. The number of nitrogens with one attached hydrogen (secondary N) is 1. The Morgan fingerprint density at radius 1 is 1.32 bits per heavy atom. The van der Waals surface area contributed by atoms with Gasteiger partial charge in [0.25, 0.3) is 5.91 Å². The summed E-state index contributed by atoms with van der Waals surface area (Å²) in [6.07, 6.45) is 1.64. The van der Waals surface area contributed by atoms with Crippen LogP contribution in [0, 0.1) is 0 Å². The van der Waals surface area contributed by atoms with Gasteiger partial charge >= 0.3 is 0 Å². The van der Waals surface area contributed by atoms with Crippen LogP contribution in [-0.4, -0.2) is 29.9 Å². The highest BCUT2D eigenvalue weighted by atomic mass is 35.5. The molecule has 0 aliphatic heterocycles. The van der Waals surface area contributed by atoms with Crippen molar-refractivity contribution in [3.63, 3.8) is 0 Å². The van der Waals surface area contributed by atoms with Gasteiger partial charge in [-0.3, -0.25) is 4.79 Å². The van der Waals surface area contributed by atoms with Gasteiger partial charge in [0.2, 0.25) is 0 Å². The summed E-state index contributed by atoms with van der Waals surface area (Å²) in [5, 5.41) is 7.29. The molecular formula is C15H18ClN3O3. The highest BCUT2D eigenvalue weighted by Crippen LogP contribution is 2.36. The van der Waals surface area contributed by atoms with Crippen LogP contribution in [0.5, 0.6) is 11.5 Å². The molecule has 0 saturated carbocycles. The first-order valence-electron chi connectivity index (χ1n) is 6.74.